The molecule has 1 N–H and O–H groups in total. The van der Waals surface area contributed by atoms with E-state index in [9.17, 15) is 4.79 Å². The van der Waals surface area contributed by atoms with Crippen LogP contribution in [0.15, 0.2) is 30.6 Å². The van der Waals surface area contributed by atoms with Crippen LogP contribution in [0.2, 0.25) is 0 Å². The summed E-state index contributed by atoms with van der Waals surface area (Å²) >= 11 is 0. The molecule has 0 fully saturated rings. The minimum Gasteiger partial charge on any atom is -0.326 e. The summed E-state index contributed by atoms with van der Waals surface area (Å²) in [4.78, 5) is 16.9. The smallest absolute Gasteiger partial charge is 0.227 e. The molecule has 134 valence electrons. The zero-order valence-electron chi connectivity index (χ0n) is 15.2. The zero-order valence-corrected chi connectivity index (χ0v) is 15.2. The van der Waals surface area contributed by atoms with E-state index in [1.165, 1.54) is 0 Å². The molecule has 4 rings (SSSR count). The highest BCUT2D eigenvalue weighted by atomic mass is 16.1. The van der Waals surface area contributed by atoms with Crippen LogP contribution in [-0.2, 0) is 24.7 Å². The van der Waals surface area contributed by atoms with Gasteiger partial charge in [0.15, 0.2) is 0 Å². The lowest BCUT2D eigenvalue weighted by Gasteiger charge is -2.20. The molecule has 1 amide bonds. The van der Waals surface area contributed by atoms with Crippen molar-refractivity contribution in [3.8, 4) is 5.69 Å². The maximum atomic E-state index is 12.6. The Labute approximate surface area is 152 Å². The van der Waals surface area contributed by atoms with E-state index in [4.69, 9.17) is 0 Å². The second-order valence-electron chi connectivity index (χ2n) is 6.87. The van der Waals surface area contributed by atoms with Gasteiger partial charge in [-0.15, -0.1) is 5.10 Å². The number of carbonyl (C=O) groups excluding carboxylic acids is 1. The molecule has 0 spiro atoms. The van der Waals surface area contributed by atoms with Crippen LogP contribution in [0.1, 0.15) is 29.2 Å². The number of aromatic nitrogens is 5. The molecule has 7 nitrogen and oxygen atoms in total. The molecular weight excluding hydrogens is 328 g/mol. The largest absolute Gasteiger partial charge is 0.326 e. The van der Waals surface area contributed by atoms with Gasteiger partial charge in [-0.2, -0.15) is 0 Å². The number of carbonyl (C=O) groups is 1. The summed E-state index contributed by atoms with van der Waals surface area (Å²) < 4.78 is 3.85. The third-order valence-corrected chi connectivity index (χ3v) is 5.23. The van der Waals surface area contributed by atoms with Gasteiger partial charge < -0.3 is 9.88 Å². The van der Waals surface area contributed by atoms with Gasteiger partial charge in [0.2, 0.25) is 5.91 Å². The number of aryl methyl sites for hydroxylation is 2. The van der Waals surface area contributed by atoms with Crippen molar-refractivity contribution in [3.63, 3.8) is 0 Å². The second-order valence-corrected chi connectivity index (χ2v) is 6.87. The molecule has 0 radical (unpaired) electrons. The standard InChI is InChI=1S/C19H22N6O/c1-12-13(2)25(11-20-12)16-7-5-15(6-8-16)21-19(26)14-4-9-18-17(10-14)22-23-24(18)3/h5-8,11,14H,4,9-10H2,1-3H3,(H,21,26). The first kappa shape index (κ1) is 16.5. The van der Waals surface area contributed by atoms with Crippen molar-refractivity contribution in [1.29, 1.82) is 0 Å². The Morgan fingerprint density at radius 3 is 2.69 bits per heavy atom. The maximum Gasteiger partial charge on any atom is 0.227 e. The summed E-state index contributed by atoms with van der Waals surface area (Å²) in [5.74, 6) is -0.0128. The zero-order chi connectivity index (χ0) is 18.3. The molecule has 3 aromatic rings. The molecule has 1 aliphatic rings. The summed E-state index contributed by atoms with van der Waals surface area (Å²) in [6.45, 7) is 4.04. The number of hydrogen-bond donors (Lipinski definition) is 1. The maximum absolute atomic E-state index is 12.6. The topological polar surface area (TPSA) is 77.6 Å². The van der Waals surface area contributed by atoms with E-state index in [2.05, 4.69) is 20.6 Å². The summed E-state index contributed by atoms with van der Waals surface area (Å²) in [7, 11) is 1.90. The van der Waals surface area contributed by atoms with Gasteiger partial charge in [0, 0.05) is 36.5 Å². The van der Waals surface area contributed by atoms with Gasteiger partial charge in [0.05, 0.1) is 23.4 Å². The van der Waals surface area contributed by atoms with Crippen LogP contribution in [0.3, 0.4) is 0 Å². The van der Waals surface area contributed by atoms with Crippen molar-refractivity contribution in [2.45, 2.75) is 33.1 Å². The van der Waals surface area contributed by atoms with Gasteiger partial charge in [0.1, 0.15) is 0 Å². The highest BCUT2D eigenvalue weighted by molar-refractivity contribution is 5.92. The average molecular weight is 350 g/mol. The van der Waals surface area contributed by atoms with Crippen molar-refractivity contribution < 1.29 is 4.79 Å². The predicted octanol–water partition coefficient (Wildman–Crippen LogP) is 2.36. The van der Waals surface area contributed by atoms with E-state index >= 15 is 0 Å². The summed E-state index contributed by atoms with van der Waals surface area (Å²) in [5.41, 5.74) is 6.05. The van der Waals surface area contributed by atoms with Crippen molar-refractivity contribution in [1.82, 2.24) is 24.5 Å². The number of imidazole rings is 1. The van der Waals surface area contributed by atoms with Crippen molar-refractivity contribution in [2.24, 2.45) is 13.0 Å². The van der Waals surface area contributed by atoms with Crippen LogP contribution in [0.25, 0.3) is 5.69 Å². The number of amides is 1. The molecule has 0 saturated carbocycles. The van der Waals surface area contributed by atoms with Crippen molar-refractivity contribution >= 4 is 11.6 Å². The van der Waals surface area contributed by atoms with Gasteiger partial charge in [-0.3, -0.25) is 9.48 Å². The van der Waals surface area contributed by atoms with Crippen LogP contribution < -0.4 is 5.32 Å². The van der Waals surface area contributed by atoms with Gasteiger partial charge in [-0.25, -0.2) is 4.98 Å². The monoisotopic (exact) mass is 350 g/mol. The fourth-order valence-electron chi connectivity index (χ4n) is 3.46. The fraction of sp³-hybridized carbons (Fsp3) is 0.368. The molecule has 2 heterocycles. The molecule has 1 aromatic carbocycles. The van der Waals surface area contributed by atoms with Gasteiger partial charge >= 0.3 is 0 Å². The highest BCUT2D eigenvalue weighted by Gasteiger charge is 2.28. The van der Waals surface area contributed by atoms with Crippen molar-refractivity contribution in [3.05, 3.63) is 53.4 Å². The van der Waals surface area contributed by atoms with Crippen LogP contribution in [0, 0.1) is 19.8 Å². The minimum absolute atomic E-state index is 0.0451. The Bertz CT molecular complexity index is 953. The Balaban J connectivity index is 1.44. The molecular formula is C19H22N6O. The van der Waals surface area contributed by atoms with Crippen LogP contribution in [0.5, 0.6) is 0 Å². The molecule has 1 unspecified atom stereocenters. The van der Waals surface area contributed by atoms with Crippen molar-refractivity contribution in [2.75, 3.05) is 5.32 Å². The SMILES string of the molecule is Cc1ncn(-c2ccc(NC(=O)C3CCc4c(nnn4C)C3)cc2)c1C. The van der Waals surface area contributed by atoms with E-state index in [1.807, 2.05) is 60.7 Å². The molecule has 26 heavy (non-hydrogen) atoms. The van der Waals surface area contributed by atoms with E-state index in [0.717, 1.165) is 47.0 Å². The van der Waals surface area contributed by atoms with Crippen LogP contribution in [0.4, 0.5) is 5.69 Å². The molecule has 1 aliphatic carbocycles. The normalized spacial score (nSPS) is 16.3. The number of nitrogens with zero attached hydrogens (tertiary/aromatic N) is 5. The highest BCUT2D eigenvalue weighted by Crippen LogP contribution is 2.25. The number of fused-ring (bicyclic) bond motifs is 1. The van der Waals surface area contributed by atoms with Gasteiger partial charge in [0.25, 0.3) is 0 Å². The Hall–Kier alpha value is -2.96. The number of benzene rings is 1. The third kappa shape index (κ3) is 2.89. The van der Waals surface area contributed by atoms with Gasteiger partial charge in [-0.05, 0) is 51.0 Å². The summed E-state index contributed by atoms with van der Waals surface area (Å²) in [6, 6.07) is 7.84. The quantitative estimate of drug-likeness (QED) is 0.787. The molecule has 0 saturated heterocycles. The minimum atomic E-state index is -0.0579. The van der Waals surface area contributed by atoms with Gasteiger partial charge in [-0.1, -0.05) is 5.21 Å². The third-order valence-electron chi connectivity index (χ3n) is 5.23. The lowest BCUT2D eigenvalue weighted by molar-refractivity contribution is -0.120. The molecule has 0 aliphatic heterocycles. The molecule has 7 heteroatoms. The Kier molecular flexibility index (Phi) is 4.06. The number of rotatable bonds is 3. The van der Waals surface area contributed by atoms with E-state index in [0.29, 0.717) is 6.42 Å². The predicted molar refractivity (Wildman–Crippen MR) is 98.2 cm³/mol. The van der Waals surface area contributed by atoms with Crippen LogP contribution >= 0.6 is 0 Å². The summed E-state index contributed by atoms with van der Waals surface area (Å²) in [6.07, 6.45) is 4.14. The number of anilines is 1. The summed E-state index contributed by atoms with van der Waals surface area (Å²) in [5, 5.41) is 11.3. The second kappa shape index (κ2) is 6.40. The lowest BCUT2D eigenvalue weighted by atomic mass is 9.89. The van der Waals surface area contributed by atoms with E-state index in [-0.39, 0.29) is 11.8 Å². The average Bonchev–Trinajstić information content (AvgIpc) is 3.18. The van der Waals surface area contributed by atoms with E-state index < -0.39 is 0 Å². The Morgan fingerprint density at radius 2 is 2.00 bits per heavy atom. The first-order valence-corrected chi connectivity index (χ1v) is 8.82. The fourth-order valence-corrected chi connectivity index (χ4v) is 3.46. The molecule has 2 aromatic heterocycles. The number of hydrogen-bond acceptors (Lipinski definition) is 4. The van der Waals surface area contributed by atoms with E-state index in [1.54, 1.807) is 0 Å². The first-order chi connectivity index (χ1) is 12.5. The molecule has 0 bridgehead atoms. The first-order valence-electron chi connectivity index (χ1n) is 8.82. The van der Waals surface area contributed by atoms with Crippen LogP contribution in [-0.4, -0.2) is 30.5 Å². The Morgan fingerprint density at radius 1 is 1.23 bits per heavy atom. The number of nitrogens with one attached hydrogen (secondary N) is 1. The lowest BCUT2D eigenvalue weighted by Crippen LogP contribution is -2.28. The molecule has 1 atom stereocenters.